The number of non-ortho nitro benzene ring substituents is 1. The van der Waals surface area contributed by atoms with Crippen molar-refractivity contribution in [3.63, 3.8) is 0 Å². The second kappa shape index (κ2) is 6.06. The van der Waals surface area contributed by atoms with Crippen LogP contribution >= 0.6 is 11.6 Å². The molecule has 8 heteroatoms. The Balaban J connectivity index is 2.35. The van der Waals surface area contributed by atoms with Gasteiger partial charge in [-0.3, -0.25) is 14.9 Å². The Morgan fingerprint density at radius 2 is 2.15 bits per heavy atom. The third kappa shape index (κ3) is 3.00. The van der Waals surface area contributed by atoms with Crippen LogP contribution in [0.1, 0.15) is 16.8 Å². The molecule has 0 aromatic heterocycles. The Bertz CT molecular complexity index is 542. The molecule has 1 amide bonds. The molecule has 2 N–H and O–H groups in total. The van der Waals surface area contributed by atoms with Crippen LogP contribution < -0.4 is 5.73 Å². The molecule has 1 aromatic carbocycles. The van der Waals surface area contributed by atoms with Gasteiger partial charge in [0.05, 0.1) is 27.8 Å². The zero-order valence-corrected chi connectivity index (χ0v) is 11.4. The number of carbonyl (C=O) groups is 1. The van der Waals surface area contributed by atoms with Gasteiger partial charge in [0.25, 0.3) is 11.6 Å². The third-order valence-corrected chi connectivity index (χ3v) is 3.38. The van der Waals surface area contributed by atoms with Crippen LogP contribution in [0.25, 0.3) is 0 Å². The summed E-state index contributed by atoms with van der Waals surface area (Å²) in [4.78, 5) is 24.2. The lowest BCUT2D eigenvalue weighted by atomic mass is 10.1. The van der Waals surface area contributed by atoms with E-state index >= 15 is 0 Å². The van der Waals surface area contributed by atoms with Crippen molar-refractivity contribution >= 4 is 28.9 Å². The van der Waals surface area contributed by atoms with Gasteiger partial charge in [-0.1, -0.05) is 11.6 Å². The van der Waals surface area contributed by atoms with Crippen LogP contribution in [0.4, 0.5) is 11.4 Å². The molecule has 0 radical (unpaired) electrons. The van der Waals surface area contributed by atoms with Crippen molar-refractivity contribution < 1.29 is 14.5 Å². The summed E-state index contributed by atoms with van der Waals surface area (Å²) >= 11 is 5.85. The molecule has 0 aliphatic carbocycles. The van der Waals surface area contributed by atoms with Gasteiger partial charge in [-0.15, -0.1) is 0 Å². The molecule has 0 unspecified atom stereocenters. The van der Waals surface area contributed by atoms with Crippen molar-refractivity contribution in [1.29, 1.82) is 0 Å². The fourth-order valence-corrected chi connectivity index (χ4v) is 2.22. The molecule has 0 spiro atoms. The first kappa shape index (κ1) is 14.5. The molecule has 1 heterocycles. The Morgan fingerprint density at radius 3 is 2.85 bits per heavy atom. The fraction of sp³-hybridized carbons (Fsp3) is 0.417. The minimum atomic E-state index is -0.604. The number of rotatable bonds is 2. The summed E-state index contributed by atoms with van der Waals surface area (Å²) in [6, 6.07) is 2.30. The van der Waals surface area contributed by atoms with E-state index in [1.54, 1.807) is 4.90 Å². The topological polar surface area (TPSA) is 98.7 Å². The number of nitro groups is 1. The molecular formula is C12H14ClN3O4. The number of halogens is 1. The van der Waals surface area contributed by atoms with Crippen molar-refractivity contribution in [2.75, 3.05) is 32.0 Å². The summed E-state index contributed by atoms with van der Waals surface area (Å²) in [5.74, 6) is -0.362. The highest BCUT2D eigenvalue weighted by molar-refractivity contribution is 6.34. The Morgan fingerprint density at radius 1 is 1.40 bits per heavy atom. The predicted octanol–water partition coefficient (Wildman–Crippen LogP) is 1.69. The molecule has 1 aliphatic rings. The first-order valence-electron chi connectivity index (χ1n) is 6.11. The van der Waals surface area contributed by atoms with Crippen LogP contribution in [0.2, 0.25) is 5.02 Å². The Labute approximate surface area is 120 Å². The third-order valence-electron chi connectivity index (χ3n) is 3.06. The molecule has 2 rings (SSSR count). The van der Waals surface area contributed by atoms with Crippen LogP contribution in [-0.4, -0.2) is 42.0 Å². The van der Waals surface area contributed by atoms with Gasteiger partial charge in [0.1, 0.15) is 0 Å². The van der Waals surface area contributed by atoms with E-state index in [4.69, 9.17) is 22.1 Å². The number of amides is 1. The maximum atomic E-state index is 12.4. The van der Waals surface area contributed by atoms with Crippen molar-refractivity contribution in [3.8, 4) is 0 Å². The lowest BCUT2D eigenvalue weighted by molar-refractivity contribution is -0.384. The van der Waals surface area contributed by atoms with Crippen molar-refractivity contribution in [2.24, 2.45) is 0 Å². The summed E-state index contributed by atoms with van der Waals surface area (Å²) in [5.41, 5.74) is 5.64. The number of nitrogen functional groups attached to an aromatic ring is 1. The second-order valence-electron chi connectivity index (χ2n) is 4.40. The van der Waals surface area contributed by atoms with Gasteiger partial charge in [0.15, 0.2) is 0 Å². The van der Waals surface area contributed by atoms with Crippen LogP contribution in [0.3, 0.4) is 0 Å². The van der Waals surface area contributed by atoms with Gasteiger partial charge in [-0.05, 0) is 6.42 Å². The SMILES string of the molecule is Nc1c(Cl)cc([N+](=O)[O-])cc1C(=O)N1CCCOCC1. The molecule has 7 nitrogen and oxygen atoms in total. The normalized spacial score (nSPS) is 15.8. The predicted molar refractivity (Wildman–Crippen MR) is 73.9 cm³/mol. The highest BCUT2D eigenvalue weighted by Gasteiger charge is 2.23. The van der Waals surface area contributed by atoms with E-state index in [0.29, 0.717) is 32.7 Å². The first-order valence-corrected chi connectivity index (χ1v) is 6.49. The van der Waals surface area contributed by atoms with Gasteiger partial charge in [0, 0.05) is 31.8 Å². The molecule has 1 fully saturated rings. The first-order chi connectivity index (χ1) is 9.50. The highest BCUT2D eigenvalue weighted by atomic mass is 35.5. The molecule has 1 saturated heterocycles. The molecule has 1 aromatic rings. The van der Waals surface area contributed by atoms with E-state index in [-0.39, 0.29) is 27.9 Å². The van der Waals surface area contributed by atoms with Crippen molar-refractivity contribution in [2.45, 2.75) is 6.42 Å². The monoisotopic (exact) mass is 299 g/mol. The van der Waals surface area contributed by atoms with Crippen molar-refractivity contribution in [3.05, 3.63) is 32.8 Å². The standard InChI is InChI=1S/C12H14ClN3O4/c13-10-7-8(16(18)19)6-9(11(10)14)12(17)15-2-1-4-20-5-3-15/h6-7H,1-5,14H2. The Hall–Kier alpha value is -1.86. The number of nitrogens with zero attached hydrogens (tertiary/aromatic N) is 2. The molecule has 108 valence electrons. The maximum absolute atomic E-state index is 12.4. The zero-order valence-electron chi connectivity index (χ0n) is 10.7. The number of nitro benzene ring substituents is 1. The van der Waals surface area contributed by atoms with E-state index in [2.05, 4.69) is 0 Å². The van der Waals surface area contributed by atoms with E-state index in [0.717, 1.165) is 12.1 Å². The lowest BCUT2D eigenvalue weighted by Crippen LogP contribution is -2.33. The minimum absolute atomic E-state index is 0.00798. The minimum Gasteiger partial charge on any atom is -0.397 e. The number of anilines is 1. The van der Waals surface area contributed by atoms with Crippen LogP contribution in [0, 0.1) is 10.1 Å². The number of carbonyl (C=O) groups excluding carboxylic acids is 1. The summed E-state index contributed by atoms with van der Waals surface area (Å²) < 4.78 is 5.27. The smallest absolute Gasteiger partial charge is 0.271 e. The molecule has 0 saturated carbocycles. The number of hydrogen-bond donors (Lipinski definition) is 1. The van der Waals surface area contributed by atoms with Gasteiger partial charge in [-0.2, -0.15) is 0 Å². The number of nitrogens with two attached hydrogens (primary N) is 1. The second-order valence-corrected chi connectivity index (χ2v) is 4.81. The maximum Gasteiger partial charge on any atom is 0.271 e. The molecule has 1 aliphatic heterocycles. The van der Waals surface area contributed by atoms with Gasteiger partial charge >= 0.3 is 0 Å². The number of ether oxygens (including phenoxy) is 1. The summed E-state index contributed by atoms with van der Waals surface area (Å²) in [7, 11) is 0. The molecular weight excluding hydrogens is 286 g/mol. The number of hydrogen-bond acceptors (Lipinski definition) is 5. The van der Waals surface area contributed by atoms with Gasteiger partial charge in [0.2, 0.25) is 0 Å². The highest BCUT2D eigenvalue weighted by Crippen LogP contribution is 2.29. The van der Waals surface area contributed by atoms with Crippen LogP contribution in [-0.2, 0) is 4.74 Å². The van der Waals surface area contributed by atoms with E-state index < -0.39 is 4.92 Å². The molecule has 0 atom stereocenters. The summed E-state index contributed by atoms with van der Waals surface area (Å²) in [6.45, 7) is 1.99. The Kier molecular flexibility index (Phi) is 4.41. The number of benzene rings is 1. The van der Waals surface area contributed by atoms with Crippen LogP contribution in [0.5, 0.6) is 0 Å². The fourth-order valence-electron chi connectivity index (χ4n) is 2.01. The summed E-state index contributed by atoms with van der Waals surface area (Å²) in [6.07, 6.45) is 0.717. The summed E-state index contributed by atoms with van der Waals surface area (Å²) in [5, 5.41) is 10.8. The average Bonchev–Trinajstić information content (AvgIpc) is 2.69. The van der Waals surface area contributed by atoms with Crippen molar-refractivity contribution in [1.82, 2.24) is 4.90 Å². The van der Waals surface area contributed by atoms with E-state index in [1.165, 1.54) is 0 Å². The largest absolute Gasteiger partial charge is 0.397 e. The average molecular weight is 300 g/mol. The lowest BCUT2D eigenvalue weighted by Gasteiger charge is -2.20. The zero-order chi connectivity index (χ0) is 14.7. The van der Waals surface area contributed by atoms with E-state index in [9.17, 15) is 14.9 Å². The quantitative estimate of drug-likeness (QED) is 0.509. The van der Waals surface area contributed by atoms with Gasteiger partial charge in [-0.25, -0.2) is 0 Å². The molecule has 0 bridgehead atoms. The molecule has 20 heavy (non-hydrogen) atoms. The van der Waals surface area contributed by atoms with Gasteiger partial charge < -0.3 is 15.4 Å². The van der Waals surface area contributed by atoms with E-state index in [1.807, 2.05) is 0 Å². The van der Waals surface area contributed by atoms with Crippen LogP contribution in [0.15, 0.2) is 12.1 Å².